The molecule has 2 heterocycles. The monoisotopic (exact) mass is 312 g/mol. The van der Waals surface area contributed by atoms with Gasteiger partial charge in [0.25, 0.3) is 0 Å². The van der Waals surface area contributed by atoms with Crippen LogP contribution in [0, 0.1) is 5.92 Å². The Morgan fingerprint density at radius 2 is 1.95 bits per heavy atom. The Hall–Kier alpha value is -2.40. The first kappa shape index (κ1) is 14.5. The Labute approximate surface area is 132 Å². The molecular weight excluding hydrogens is 296 g/mol. The number of thiazole rings is 1. The normalized spacial score (nSPS) is 10.9. The minimum Gasteiger partial charge on any atom is -0.463 e. The number of nitrogens with one attached hydrogen (secondary N) is 1. The zero-order valence-electron chi connectivity index (χ0n) is 12.4. The Bertz CT molecular complexity index is 761. The van der Waals surface area contributed by atoms with Crippen LogP contribution in [-0.4, -0.2) is 10.9 Å². The molecule has 4 nitrogen and oxygen atoms in total. The Morgan fingerprint density at radius 3 is 2.59 bits per heavy atom. The van der Waals surface area contributed by atoms with E-state index in [2.05, 4.69) is 10.3 Å². The van der Waals surface area contributed by atoms with Gasteiger partial charge in [-0.3, -0.25) is 4.79 Å². The van der Waals surface area contributed by atoms with Crippen molar-refractivity contribution in [3.8, 4) is 21.9 Å². The number of anilines is 1. The highest BCUT2D eigenvalue weighted by atomic mass is 32.1. The molecule has 112 valence electrons. The number of aromatic nitrogens is 1. The number of carbonyl (C=O) groups excluding carboxylic acids is 1. The molecule has 0 spiro atoms. The highest BCUT2D eigenvalue weighted by molar-refractivity contribution is 7.19. The second-order valence-corrected chi connectivity index (χ2v) is 6.18. The molecule has 0 fully saturated rings. The first-order valence-corrected chi connectivity index (χ1v) is 7.88. The summed E-state index contributed by atoms with van der Waals surface area (Å²) in [5.41, 5.74) is 1.81. The molecule has 3 aromatic rings. The van der Waals surface area contributed by atoms with Crippen LogP contribution >= 0.6 is 11.3 Å². The van der Waals surface area contributed by atoms with Gasteiger partial charge in [-0.25, -0.2) is 4.98 Å². The van der Waals surface area contributed by atoms with E-state index in [1.54, 1.807) is 6.26 Å². The highest BCUT2D eigenvalue weighted by Gasteiger charge is 2.18. The number of hydrogen-bond acceptors (Lipinski definition) is 4. The van der Waals surface area contributed by atoms with Crippen LogP contribution < -0.4 is 5.32 Å². The van der Waals surface area contributed by atoms with Gasteiger partial charge in [0, 0.05) is 11.5 Å². The van der Waals surface area contributed by atoms with Crippen molar-refractivity contribution in [2.75, 3.05) is 5.32 Å². The van der Waals surface area contributed by atoms with E-state index in [-0.39, 0.29) is 11.8 Å². The maximum absolute atomic E-state index is 11.9. The smallest absolute Gasteiger partial charge is 0.228 e. The number of furan rings is 1. The molecule has 22 heavy (non-hydrogen) atoms. The molecule has 0 aliphatic rings. The summed E-state index contributed by atoms with van der Waals surface area (Å²) in [4.78, 5) is 17.4. The van der Waals surface area contributed by atoms with Gasteiger partial charge in [0.2, 0.25) is 5.91 Å². The average Bonchev–Trinajstić information content (AvgIpc) is 3.16. The lowest BCUT2D eigenvalue weighted by atomic mass is 10.1. The minimum atomic E-state index is -0.0869. The SMILES string of the molecule is CC(C)C(=O)Nc1nc(-c2ccccc2)c(-c2ccco2)s1. The molecule has 0 saturated carbocycles. The number of amides is 1. The lowest BCUT2D eigenvalue weighted by Crippen LogP contribution is -2.17. The minimum absolute atomic E-state index is 0.0423. The van der Waals surface area contributed by atoms with E-state index in [0.29, 0.717) is 5.13 Å². The molecule has 5 heteroatoms. The Morgan fingerprint density at radius 1 is 1.18 bits per heavy atom. The first-order chi connectivity index (χ1) is 10.6. The summed E-state index contributed by atoms with van der Waals surface area (Å²) >= 11 is 1.42. The predicted molar refractivity (Wildman–Crippen MR) is 88.7 cm³/mol. The second-order valence-electron chi connectivity index (χ2n) is 5.18. The zero-order valence-corrected chi connectivity index (χ0v) is 13.2. The molecule has 0 atom stereocenters. The molecule has 1 aromatic carbocycles. The largest absolute Gasteiger partial charge is 0.463 e. The van der Waals surface area contributed by atoms with Crippen LogP contribution in [0.3, 0.4) is 0 Å². The molecule has 1 amide bonds. The maximum Gasteiger partial charge on any atom is 0.228 e. The van der Waals surface area contributed by atoms with Crippen LogP contribution in [0.25, 0.3) is 21.9 Å². The standard InChI is InChI=1S/C17H16N2O2S/c1-11(2)16(20)19-17-18-14(12-7-4-3-5-8-12)15(22-17)13-9-6-10-21-13/h3-11H,1-2H3,(H,18,19,20). The van der Waals surface area contributed by atoms with Crippen LogP contribution in [0.5, 0.6) is 0 Å². The molecular formula is C17H16N2O2S. The third-order valence-corrected chi connectivity index (χ3v) is 4.16. The molecule has 1 N–H and O–H groups in total. The number of nitrogens with zero attached hydrogens (tertiary/aromatic N) is 1. The van der Waals surface area contributed by atoms with Crippen LogP contribution in [-0.2, 0) is 4.79 Å². The summed E-state index contributed by atoms with van der Waals surface area (Å²) in [5.74, 6) is 0.622. The van der Waals surface area contributed by atoms with Crippen LogP contribution in [0.4, 0.5) is 5.13 Å². The van der Waals surface area contributed by atoms with Crippen molar-refractivity contribution < 1.29 is 9.21 Å². The van der Waals surface area contributed by atoms with Crippen LogP contribution in [0.1, 0.15) is 13.8 Å². The van der Waals surface area contributed by atoms with Crippen LogP contribution in [0.15, 0.2) is 53.1 Å². The Balaban J connectivity index is 2.04. The van der Waals surface area contributed by atoms with Gasteiger partial charge >= 0.3 is 0 Å². The van der Waals surface area contributed by atoms with E-state index in [9.17, 15) is 4.79 Å². The highest BCUT2D eigenvalue weighted by Crippen LogP contribution is 2.39. The summed E-state index contributed by atoms with van der Waals surface area (Å²) in [7, 11) is 0. The van der Waals surface area contributed by atoms with Gasteiger partial charge in [0.15, 0.2) is 5.13 Å². The summed E-state index contributed by atoms with van der Waals surface area (Å²) in [6, 6.07) is 13.6. The third kappa shape index (κ3) is 2.94. The number of hydrogen-bond donors (Lipinski definition) is 1. The quantitative estimate of drug-likeness (QED) is 0.762. The van der Waals surface area contributed by atoms with E-state index < -0.39 is 0 Å². The number of benzene rings is 1. The van der Waals surface area contributed by atoms with Crippen molar-refractivity contribution in [3.05, 3.63) is 48.7 Å². The molecule has 0 aliphatic heterocycles. The van der Waals surface area contributed by atoms with Crippen molar-refractivity contribution in [2.24, 2.45) is 5.92 Å². The van der Waals surface area contributed by atoms with E-state index in [1.807, 2.05) is 56.3 Å². The van der Waals surface area contributed by atoms with Gasteiger partial charge in [0.1, 0.15) is 5.76 Å². The molecule has 2 aromatic heterocycles. The van der Waals surface area contributed by atoms with Crippen molar-refractivity contribution >= 4 is 22.4 Å². The predicted octanol–water partition coefficient (Wildman–Crippen LogP) is 4.66. The van der Waals surface area contributed by atoms with Gasteiger partial charge in [-0.05, 0) is 12.1 Å². The van der Waals surface area contributed by atoms with Gasteiger partial charge in [-0.1, -0.05) is 55.5 Å². The lowest BCUT2D eigenvalue weighted by Gasteiger charge is -2.03. The molecule has 0 saturated heterocycles. The fraction of sp³-hybridized carbons (Fsp3) is 0.176. The summed E-state index contributed by atoms with van der Waals surface area (Å²) in [6.45, 7) is 3.71. The molecule has 0 bridgehead atoms. The average molecular weight is 312 g/mol. The van der Waals surface area contributed by atoms with Crippen molar-refractivity contribution in [1.82, 2.24) is 4.98 Å². The van der Waals surface area contributed by atoms with Crippen LogP contribution in [0.2, 0.25) is 0 Å². The van der Waals surface area contributed by atoms with E-state index in [1.165, 1.54) is 11.3 Å². The summed E-state index contributed by atoms with van der Waals surface area (Å²) in [5, 5.41) is 3.45. The summed E-state index contributed by atoms with van der Waals surface area (Å²) in [6.07, 6.45) is 1.64. The third-order valence-electron chi connectivity index (χ3n) is 3.17. The topological polar surface area (TPSA) is 55.1 Å². The van der Waals surface area contributed by atoms with E-state index in [4.69, 9.17) is 4.42 Å². The molecule has 3 rings (SSSR count). The van der Waals surface area contributed by atoms with Crippen molar-refractivity contribution in [1.29, 1.82) is 0 Å². The van der Waals surface area contributed by atoms with Crippen molar-refractivity contribution in [2.45, 2.75) is 13.8 Å². The number of rotatable bonds is 4. The fourth-order valence-corrected chi connectivity index (χ4v) is 2.95. The molecule has 0 aliphatic carbocycles. The summed E-state index contributed by atoms with van der Waals surface area (Å²) < 4.78 is 5.51. The molecule has 0 unspecified atom stereocenters. The number of carbonyl (C=O) groups is 1. The lowest BCUT2D eigenvalue weighted by molar-refractivity contribution is -0.118. The van der Waals surface area contributed by atoms with Gasteiger partial charge in [-0.2, -0.15) is 0 Å². The van der Waals surface area contributed by atoms with E-state index in [0.717, 1.165) is 21.9 Å². The van der Waals surface area contributed by atoms with Gasteiger partial charge in [-0.15, -0.1) is 0 Å². The second kappa shape index (κ2) is 6.15. The fourth-order valence-electron chi connectivity index (χ4n) is 1.99. The molecule has 0 radical (unpaired) electrons. The first-order valence-electron chi connectivity index (χ1n) is 7.06. The zero-order chi connectivity index (χ0) is 15.5. The van der Waals surface area contributed by atoms with Gasteiger partial charge in [0.05, 0.1) is 16.8 Å². The Kier molecular flexibility index (Phi) is 4.06. The van der Waals surface area contributed by atoms with Crippen molar-refractivity contribution in [3.63, 3.8) is 0 Å². The maximum atomic E-state index is 11.9. The van der Waals surface area contributed by atoms with Gasteiger partial charge < -0.3 is 9.73 Å². The van der Waals surface area contributed by atoms with E-state index >= 15 is 0 Å².